The zero-order valence-electron chi connectivity index (χ0n) is 15.8. The normalized spacial score (nSPS) is 30.0. The molecular formula is C19H23ClN8O. The lowest BCUT2D eigenvalue weighted by atomic mass is 9.88. The molecule has 10 heteroatoms. The van der Waals surface area contributed by atoms with Crippen LogP contribution in [0.2, 0.25) is 5.02 Å². The number of hydrogen-bond donors (Lipinski definition) is 4. The van der Waals surface area contributed by atoms with Crippen LogP contribution in [0.1, 0.15) is 18.9 Å². The molecule has 3 heterocycles. The van der Waals surface area contributed by atoms with Gasteiger partial charge in [-0.15, -0.1) is 0 Å². The standard InChI is InChI=1S/C19H23ClN8O/c20-14-8-23-19(25-12-6-24-28(9-12)13-3-4-22-7-13)27-18(14)26-16-11-2-1-10(5-11)15(16)17(21)29/h1-2,6,8-11,13,15-16,22H,3-5,7H2,(H2,21,29)(H2,23,25,26,27)/t10-,11+,13+,15+,16-/m1/s1. The molecule has 0 spiro atoms. The number of carbonyl (C=O) groups excluding carboxylic acids is 1. The van der Waals surface area contributed by atoms with E-state index in [-0.39, 0.29) is 29.7 Å². The van der Waals surface area contributed by atoms with Crippen molar-refractivity contribution in [1.82, 2.24) is 25.1 Å². The topological polar surface area (TPSA) is 123 Å². The summed E-state index contributed by atoms with van der Waals surface area (Å²) in [6.07, 6.45) is 11.5. The zero-order valence-corrected chi connectivity index (χ0v) is 16.5. The third-order valence-corrected chi connectivity index (χ3v) is 6.38. The molecule has 2 bridgehead atoms. The lowest BCUT2D eigenvalue weighted by molar-refractivity contribution is -0.122. The van der Waals surface area contributed by atoms with E-state index in [9.17, 15) is 4.79 Å². The fraction of sp³-hybridized carbons (Fsp3) is 0.474. The van der Waals surface area contributed by atoms with Gasteiger partial charge in [-0.2, -0.15) is 10.1 Å². The zero-order chi connectivity index (χ0) is 20.0. The van der Waals surface area contributed by atoms with Crippen molar-refractivity contribution in [2.24, 2.45) is 23.5 Å². The van der Waals surface area contributed by atoms with E-state index in [1.807, 2.05) is 10.9 Å². The molecule has 1 saturated heterocycles. The predicted molar refractivity (Wildman–Crippen MR) is 110 cm³/mol. The quantitative estimate of drug-likeness (QED) is 0.530. The first-order chi connectivity index (χ1) is 14.1. The van der Waals surface area contributed by atoms with Crippen molar-refractivity contribution < 1.29 is 4.79 Å². The lowest BCUT2D eigenvalue weighted by Gasteiger charge is -2.27. The van der Waals surface area contributed by atoms with Crippen molar-refractivity contribution in [3.8, 4) is 0 Å². The largest absolute Gasteiger partial charge is 0.369 e. The Bertz CT molecular complexity index is 953. The fourth-order valence-corrected chi connectivity index (χ4v) is 4.84. The third kappa shape index (κ3) is 3.44. The van der Waals surface area contributed by atoms with Crippen LogP contribution in [0.25, 0.3) is 0 Å². The highest BCUT2D eigenvalue weighted by atomic mass is 35.5. The molecule has 2 aliphatic carbocycles. The van der Waals surface area contributed by atoms with Crippen LogP contribution >= 0.6 is 11.6 Å². The lowest BCUT2D eigenvalue weighted by Crippen LogP contribution is -2.41. The van der Waals surface area contributed by atoms with Gasteiger partial charge >= 0.3 is 0 Å². The molecule has 9 nitrogen and oxygen atoms in total. The Morgan fingerprint density at radius 3 is 2.97 bits per heavy atom. The van der Waals surface area contributed by atoms with E-state index in [1.165, 1.54) is 0 Å². The molecule has 1 aliphatic heterocycles. The molecule has 5 N–H and O–H groups in total. The van der Waals surface area contributed by atoms with E-state index in [0.29, 0.717) is 22.8 Å². The maximum Gasteiger partial charge on any atom is 0.229 e. The highest BCUT2D eigenvalue weighted by Gasteiger charge is 2.47. The number of nitrogens with one attached hydrogen (secondary N) is 3. The third-order valence-electron chi connectivity index (χ3n) is 6.10. The van der Waals surface area contributed by atoms with Gasteiger partial charge in [0, 0.05) is 18.8 Å². The van der Waals surface area contributed by atoms with Crippen LogP contribution < -0.4 is 21.7 Å². The Morgan fingerprint density at radius 2 is 2.17 bits per heavy atom. The first-order valence-electron chi connectivity index (χ1n) is 9.87. The van der Waals surface area contributed by atoms with Crippen LogP contribution in [0.15, 0.2) is 30.7 Å². The van der Waals surface area contributed by atoms with Gasteiger partial charge in [-0.25, -0.2) is 4.98 Å². The van der Waals surface area contributed by atoms with Crippen LogP contribution in [0, 0.1) is 17.8 Å². The van der Waals surface area contributed by atoms with E-state index in [4.69, 9.17) is 17.3 Å². The molecule has 0 radical (unpaired) electrons. The smallest absolute Gasteiger partial charge is 0.229 e. The predicted octanol–water partition coefficient (Wildman–Crippen LogP) is 1.69. The number of anilines is 3. The molecule has 0 unspecified atom stereocenters. The van der Waals surface area contributed by atoms with Crippen LogP contribution in [0.3, 0.4) is 0 Å². The first kappa shape index (κ1) is 18.4. The van der Waals surface area contributed by atoms with Gasteiger partial charge in [0.25, 0.3) is 0 Å². The van der Waals surface area contributed by atoms with Gasteiger partial charge in [-0.1, -0.05) is 23.8 Å². The summed E-state index contributed by atoms with van der Waals surface area (Å²) in [5.74, 6) is 0.786. The molecule has 2 aromatic rings. The number of amides is 1. The van der Waals surface area contributed by atoms with Gasteiger partial charge in [0.1, 0.15) is 5.02 Å². The summed E-state index contributed by atoms with van der Waals surface area (Å²) in [5.41, 5.74) is 6.46. The number of rotatable bonds is 6. The minimum atomic E-state index is -0.295. The van der Waals surface area contributed by atoms with Crippen LogP contribution in [-0.2, 0) is 4.79 Å². The minimum Gasteiger partial charge on any atom is -0.369 e. The number of hydrogen-bond acceptors (Lipinski definition) is 7. The van der Waals surface area contributed by atoms with Gasteiger partial charge < -0.3 is 21.7 Å². The van der Waals surface area contributed by atoms with Crippen LogP contribution in [0.4, 0.5) is 17.5 Å². The van der Waals surface area contributed by atoms with E-state index in [2.05, 4.69) is 43.2 Å². The van der Waals surface area contributed by atoms with Gasteiger partial charge in [0.2, 0.25) is 11.9 Å². The fourth-order valence-electron chi connectivity index (χ4n) is 4.69. The van der Waals surface area contributed by atoms with E-state index in [0.717, 1.165) is 31.6 Å². The number of nitrogens with zero attached hydrogens (tertiary/aromatic N) is 4. The summed E-state index contributed by atoms with van der Waals surface area (Å²) >= 11 is 6.32. The number of primary amides is 1. The van der Waals surface area contributed by atoms with E-state index >= 15 is 0 Å². The Labute approximate surface area is 173 Å². The number of carbonyl (C=O) groups is 1. The Balaban J connectivity index is 1.33. The molecule has 5 atom stereocenters. The summed E-state index contributed by atoms with van der Waals surface area (Å²) in [6.45, 7) is 1.93. The van der Waals surface area contributed by atoms with Gasteiger partial charge in [-0.05, 0) is 31.2 Å². The minimum absolute atomic E-state index is 0.111. The Morgan fingerprint density at radius 1 is 1.31 bits per heavy atom. The molecule has 1 amide bonds. The summed E-state index contributed by atoms with van der Waals surface area (Å²) in [7, 11) is 0. The van der Waals surface area contributed by atoms with Crippen molar-refractivity contribution in [3.05, 3.63) is 35.8 Å². The van der Waals surface area contributed by atoms with Gasteiger partial charge in [0.05, 0.1) is 30.0 Å². The molecule has 152 valence electrons. The Kier molecular flexibility index (Phi) is 4.63. The average molecular weight is 415 g/mol. The first-order valence-corrected chi connectivity index (χ1v) is 10.2. The summed E-state index contributed by atoms with van der Waals surface area (Å²) < 4.78 is 1.95. The van der Waals surface area contributed by atoms with Crippen molar-refractivity contribution in [3.63, 3.8) is 0 Å². The molecule has 2 aromatic heterocycles. The summed E-state index contributed by atoms with van der Waals surface area (Å²) in [4.78, 5) is 20.7. The number of aromatic nitrogens is 4. The average Bonchev–Trinajstić information content (AvgIpc) is 3.48. The van der Waals surface area contributed by atoms with Crippen molar-refractivity contribution in [1.29, 1.82) is 0 Å². The monoisotopic (exact) mass is 414 g/mol. The number of fused-ring (bicyclic) bond motifs is 2. The molecule has 5 rings (SSSR count). The molecule has 2 fully saturated rings. The second-order valence-corrected chi connectivity index (χ2v) is 8.32. The molecule has 29 heavy (non-hydrogen) atoms. The number of nitrogens with two attached hydrogens (primary N) is 1. The maximum absolute atomic E-state index is 12.0. The molecule has 0 aromatic carbocycles. The SMILES string of the molecule is NC(=O)[C@@H]1[C@H](Nc2nc(Nc3cnn([C@H]4CCNC4)c3)ncc2Cl)[C@H]2C=C[C@@H]1C2. The van der Waals surface area contributed by atoms with Crippen molar-refractivity contribution in [2.45, 2.75) is 24.9 Å². The number of allylic oxidation sites excluding steroid dienone is 1. The van der Waals surface area contributed by atoms with Crippen molar-refractivity contribution >= 4 is 35.0 Å². The van der Waals surface area contributed by atoms with Crippen molar-refractivity contribution in [2.75, 3.05) is 23.7 Å². The molecule has 3 aliphatic rings. The van der Waals surface area contributed by atoms with E-state index < -0.39 is 0 Å². The highest BCUT2D eigenvalue weighted by molar-refractivity contribution is 6.32. The van der Waals surface area contributed by atoms with E-state index in [1.54, 1.807) is 12.4 Å². The second kappa shape index (κ2) is 7.31. The summed E-state index contributed by atoms with van der Waals surface area (Å²) in [6, 6.07) is 0.255. The molecular weight excluding hydrogens is 392 g/mol. The summed E-state index contributed by atoms with van der Waals surface area (Å²) in [5, 5.41) is 14.7. The van der Waals surface area contributed by atoms with Crippen LogP contribution in [0.5, 0.6) is 0 Å². The second-order valence-electron chi connectivity index (χ2n) is 7.92. The Hall–Kier alpha value is -2.65. The van der Waals surface area contributed by atoms with Crippen LogP contribution in [-0.4, -0.2) is 44.8 Å². The van der Waals surface area contributed by atoms with Gasteiger partial charge in [0.15, 0.2) is 5.82 Å². The van der Waals surface area contributed by atoms with Gasteiger partial charge in [-0.3, -0.25) is 9.48 Å². The molecule has 1 saturated carbocycles. The highest BCUT2D eigenvalue weighted by Crippen LogP contribution is 2.45. The maximum atomic E-state index is 12.0. The number of halogens is 1.